The van der Waals surface area contributed by atoms with E-state index in [0.29, 0.717) is 6.61 Å². The third-order valence-electron chi connectivity index (χ3n) is 4.70. The normalized spacial score (nSPS) is 12.0. The first-order valence-electron chi connectivity index (χ1n) is 9.70. The maximum absolute atomic E-state index is 12.4. The minimum Gasteiger partial charge on any atom is -0.494 e. The summed E-state index contributed by atoms with van der Waals surface area (Å²) < 4.78 is 13.2. The summed E-state index contributed by atoms with van der Waals surface area (Å²) in [6.07, 6.45) is 2.31. The molecule has 0 aliphatic heterocycles. The molecule has 6 nitrogen and oxygen atoms in total. The van der Waals surface area contributed by atoms with Gasteiger partial charge in [-0.2, -0.15) is 0 Å². The van der Waals surface area contributed by atoms with Gasteiger partial charge in [0.1, 0.15) is 11.6 Å². The summed E-state index contributed by atoms with van der Waals surface area (Å²) in [4.78, 5) is 17.1. The summed E-state index contributed by atoms with van der Waals surface area (Å²) in [5.74, 6) is 1.71. The van der Waals surface area contributed by atoms with E-state index in [1.165, 1.54) is 6.26 Å². The number of carbonyl (C=O) groups excluding carboxylic acids is 1. The molecule has 2 aromatic carbocycles. The molecule has 0 aliphatic rings. The number of nitrogens with zero attached hydrogens (tertiary/aromatic N) is 2. The summed E-state index contributed by atoms with van der Waals surface area (Å²) in [5.41, 5.74) is 1.95. The van der Waals surface area contributed by atoms with Gasteiger partial charge in [0.15, 0.2) is 5.76 Å². The smallest absolute Gasteiger partial charge is 0.287 e. The van der Waals surface area contributed by atoms with Gasteiger partial charge in [0, 0.05) is 6.54 Å². The van der Waals surface area contributed by atoms with Crippen molar-refractivity contribution < 1.29 is 13.9 Å². The summed E-state index contributed by atoms with van der Waals surface area (Å²) >= 11 is 0. The predicted molar refractivity (Wildman–Crippen MR) is 111 cm³/mol. The van der Waals surface area contributed by atoms with E-state index in [4.69, 9.17) is 14.1 Å². The van der Waals surface area contributed by atoms with Crippen LogP contribution >= 0.6 is 0 Å². The molecule has 1 atom stereocenters. The van der Waals surface area contributed by atoms with Crippen molar-refractivity contribution in [1.82, 2.24) is 14.9 Å². The number of imidazole rings is 1. The van der Waals surface area contributed by atoms with Crippen LogP contribution in [0.3, 0.4) is 0 Å². The van der Waals surface area contributed by atoms with Crippen LogP contribution < -0.4 is 10.1 Å². The highest BCUT2D eigenvalue weighted by atomic mass is 16.5. The van der Waals surface area contributed by atoms with Gasteiger partial charge in [0.25, 0.3) is 5.91 Å². The Labute approximate surface area is 169 Å². The number of aryl methyl sites for hydroxylation is 1. The maximum atomic E-state index is 12.4. The van der Waals surface area contributed by atoms with E-state index in [0.717, 1.165) is 35.6 Å². The molecule has 0 saturated heterocycles. The van der Waals surface area contributed by atoms with Gasteiger partial charge in [-0.05, 0) is 49.7 Å². The molecule has 4 aromatic rings. The summed E-state index contributed by atoms with van der Waals surface area (Å²) in [6.45, 7) is 3.27. The van der Waals surface area contributed by atoms with Crippen molar-refractivity contribution in [2.24, 2.45) is 0 Å². The maximum Gasteiger partial charge on any atom is 0.287 e. The molecule has 0 spiro atoms. The standard InChI is InChI=1S/C23H23N3O3/c1-17(24-23(27)21-13-7-15-29-21)22-25-19-11-5-6-12-20(19)26(22)14-8-16-28-18-9-3-2-4-10-18/h2-7,9-13,15,17H,8,14,16H2,1H3,(H,24,27)/t17-/m1/s1. The molecule has 2 aromatic heterocycles. The van der Waals surface area contributed by atoms with E-state index in [1.54, 1.807) is 12.1 Å². The molecular weight excluding hydrogens is 366 g/mol. The SMILES string of the molecule is C[C@@H](NC(=O)c1ccco1)c1nc2ccccc2n1CCCOc1ccccc1. The van der Waals surface area contributed by atoms with Gasteiger partial charge in [-0.25, -0.2) is 4.98 Å². The van der Waals surface area contributed by atoms with Crippen LogP contribution in [0.1, 0.15) is 35.8 Å². The number of aromatic nitrogens is 2. The number of para-hydroxylation sites is 3. The molecule has 29 heavy (non-hydrogen) atoms. The molecular formula is C23H23N3O3. The van der Waals surface area contributed by atoms with Gasteiger partial charge in [-0.3, -0.25) is 4.79 Å². The fourth-order valence-electron chi connectivity index (χ4n) is 3.33. The lowest BCUT2D eigenvalue weighted by molar-refractivity contribution is 0.0909. The van der Waals surface area contributed by atoms with Crippen molar-refractivity contribution in [2.75, 3.05) is 6.61 Å². The molecule has 0 aliphatic carbocycles. The van der Waals surface area contributed by atoms with Crippen LogP contribution in [0.2, 0.25) is 0 Å². The monoisotopic (exact) mass is 389 g/mol. The quantitative estimate of drug-likeness (QED) is 0.448. The van der Waals surface area contributed by atoms with Gasteiger partial charge in [-0.15, -0.1) is 0 Å². The van der Waals surface area contributed by atoms with Crippen LogP contribution in [0.4, 0.5) is 0 Å². The summed E-state index contributed by atoms with van der Waals surface area (Å²) in [5, 5.41) is 2.97. The van der Waals surface area contributed by atoms with Gasteiger partial charge >= 0.3 is 0 Å². The molecule has 0 bridgehead atoms. The van der Waals surface area contributed by atoms with Crippen LogP contribution in [0, 0.1) is 0 Å². The Balaban J connectivity index is 1.48. The molecule has 2 heterocycles. The van der Waals surface area contributed by atoms with Crippen molar-refractivity contribution in [3.63, 3.8) is 0 Å². The highest BCUT2D eigenvalue weighted by molar-refractivity contribution is 5.91. The average molecular weight is 389 g/mol. The Morgan fingerprint density at radius 2 is 1.90 bits per heavy atom. The van der Waals surface area contributed by atoms with Crippen molar-refractivity contribution in [2.45, 2.75) is 25.9 Å². The molecule has 1 amide bonds. The fourth-order valence-corrected chi connectivity index (χ4v) is 3.33. The van der Waals surface area contributed by atoms with E-state index in [2.05, 4.69) is 9.88 Å². The number of rotatable bonds is 8. The van der Waals surface area contributed by atoms with E-state index < -0.39 is 0 Å². The number of amides is 1. The number of carbonyl (C=O) groups is 1. The highest BCUT2D eigenvalue weighted by Gasteiger charge is 2.20. The zero-order chi connectivity index (χ0) is 20.1. The lowest BCUT2D eigenvalue weighted by Crippen LogP contribution is -2.28. The first-order chi connectivity index (χ1) is 14.2. The highest BCUT2D eigenvalue weighted by Crippen LogP contribution is 2.22. The molecule has 0 radical (unpaired) electrons. The Kier molecular flexibility index (Phi) is 5.61. The van der Waals surface area contributed by atoms with Crippen LogP contribution in [0.15, 0.2) is 77.4 Å². The number of ether oxygens (including phenoxy) is 1. The minimum absolute atomic E-state index is 0.256. The molecule has 0 saturated carbocycles. The first-order valence-corrected chi connectivity index (χ1v) is 9.70. The second-order valence-corrected chi connectivity index (χ2v) is 6.80. The number of hydrogen-bond acceptors (Lipinski definition) is 4. The zero-order valence-electron chi connectivity index (χ0n) is 16.2. The van der Waals surface area contributed by atoms with Gasteiger partial charge < -0.3 is 19.0 Å². The molecule has 0 fully saturated rings. The first kappa shape index (κ1) is 18.8. The van der Waals surface area contributed by atoms with Crippen LogP contribution in [-0.2, 0) is 6.54 Å². The van der Waals surface area contributed by atoms with Crippen molar-refractivity contribution >= 4 is 16.9 Å². The summed E-state index contributed by atoms with van der Waals surface area (Å²) in [7, 11) is 0. The molecule has 1 N–H and O–H groups in total. The van der Waals surface area contributed by atoms with E-state index in [-0.39, 0.29) is 17.7 Å². The number of fused-ring (bicyclic) bond motifs is 1. The second-order valence-electron chi connectivity index (χ2n) is 6.80. The van der Waals surface area contributed by atoms with Gasteiger partial charge in [-0.1, -0.05) is 30.3 Å². The molecule has 4 rings (SSSR count). The second kappa shape index (κ2) is 8.65. The Morgan fingerprint density at radius 1 is 1.10 bits per heavy atom. The van der Waals surface area contributed by atoms with E-state index >= 15 is 0 Å². The number of hydrogen-bond donors (Lipinski definition) is 1. The minimum atomic E-state index is -0.268. The van der Waals surface area contributed by atoms with Gasteiger partial charge in [0.05, 0.1) is 29.9 Å². The molecule has 6 heteroatoms. The Morgan fingerprint density at radius 3 is 2.69 bits per heavy atom. The van der Waals surface area contributed by atoms with E-state index in [9.17, 15) is 4.79 Å². The lowest BCUT2D eigenvalue weighted by Gasteiger charge is -2.16. The average Bonchev–Trinajstić information content (AvgIpc) is 3.40. The van der Waals surface area contributed by atoms with Crippen LogP contribution in [0.5, 0.6) is 5.75 Å². The van der Waals surface area contributed by atoms with Crippen LogP contribution in [0.25, 0.3) is 11.0 Å². The van der Waals surface area contributed by atoms with Crippen molar-refractivity contribution in [3.8, 4) is 5.75 Å². The van der Waals surface area contributed by atoms with Crippen LogP contribution in [-0.4, -0.2) is 22.1 Å². The topological polar surface area (TPSA) is 69.3 Å². The predicted octanol–water partition coefficient (Wildman–Crippen LogP) is 4.59. The van der Waals surface area contributed by atoms with E-state index in [1.807, 2.05) is 61.5 Å². The van der Waals surface area contributed by atoms with Crippen molar-refractivity contribution in [3.05, 3.63) is 84.6 Å². The third kappa shape index (κ3) is 4.32. The number of benzene rings is 2. The number of furan rings is 1. The third-order valence-corrected chi connectivity index (χ3v) is 4.70. The Bertz CT molecular complexity index is 1070. The fraction of sp³-hybridized carbons (Fsp3) is 0.217. The molecule has 0 unspecified atom stereocenters. The zero-order valence-corrected chi connectivity index (χ0v) is 16.2. The lowest BCUT2D eigenvalue weighted by atomic mass is 10.2. The number of nitrogens with one attached hydrogen (secondary N) is 1. The largest absolute Gasteiger partial charge is 0.494 e. The molecule has 148 valence electrons. The van der Waals surface area contributed by atoms with Crippen molar-refractivity contribution in [1.29, 1.82) is 0 Å². The van der Waals surface area contributed by atoms with Gasteiger partial charge in [0.2, 0.25) is 0 Å². The Hall–Kier alpha value is -3.54. The summed E-state index contributed by atoms with van der Waals surface area (Å²) in [6, 6.07) is 20.8.